The molecular formula is C10H15N3O5S. The molecule has 2 N–H and O–H groups in total. The van der Waals surface area contributed by atoms with Crippen LogP contribution in [0.5, 0.6) is 0 Å². The smallest absolute Gasteiger partial charge is 0.323 e. The lowest BCUT2D eigenvalue weighted by Gasteiger charge is -2.32. The number of rotatable bonds is 3. The number of aryl methyl sites for hydroxylation is 2. The first-order chi connectivity index (χ1) is 8.85. The lowest BCUT2D eigenvalue weighted by Crippen LogP contribution is -2.56. The highest BCUT2D eigenvalue weighted by atomic mass is 32.2. The Bertz CT molecular complexity index is 575. The van der Waals surface area contributed by atoms with E-state index < -0.39 is 22.0 Å². The van der Waals surface area contributed by atoms with E-state index in [9.17, 15) is 13.2 Å². The number of aliphatic carboxylic acids is 1. The average molecular weight is 289 g/mol. The molecule has 1 aromatic rings. The van der Waals surface area contributed by atoms with E-state index in [0.717, 1.165) is 4.31 Å². The van der Waals surface area contributed by atoms with Crippen molar-refractivity contribution in [2.45, 2.75) is 24.8 Å². The second-order valence-corrected chi connectivity index (χ2v) is 6.15. The minimum Gasteiger partial charge on any atom is -0.480 e. The van der Waals surface area contributed by atoms with Crippen molar-refractivity contribution in [3.8, 4) is 0 Å². The maximum atomic E-state index is 12.5. The number of piperazine rings is 1. The standard InChI is InChI=1S/C10H15N3O5S/c1-6-9(7(2)18-12-6)19(16,17)13-4-3-11-5-8(13)10(14)15/h8,11H,3-5H2,1-2H3,(H,14,15). The van der Waals surface area contributed by atoms with Gasteiger partial charge in [-0.3, -0.25) is 4.79 Å². The maximum absolute atomic E-state index is 12.5. The van der Waals surface area contributed by atoms with Crippen LogP contribution in [0.4, 0.5) is 0 Å². The molecule has 1 atom stereocenters. The van der Waals surface area contributed by atoms with Gasteiger partial charge in [0.15, 0.2) is 5.76 Å². The Kier molecular flexibility index (Phi) is 3.61. The van der Waals surface area contributed by atoms with Crippen molar-refractivity contribution < 1.29 is 22.8 Å². The second kappa shape index (κ2) is 4.91. The van der Waals surface area contributed by atoms with Gasteiger partial charge in [-0.15, -0.1) is 0 Å². The fourth-order valence-electron chi connectivity index (χ4n) is 2.14. The largest absolute Gasteiger partial charge is 0.480 e. The number of carbonyl (C=O) groups is 1. The van der Waals surface area contributed by atoms with Crippen molar-refractivity contribution in [3.63, 3.8) is 0 Å². The molecule has 8 nitrogen and oxygen atoms in total. The van der Waals surface area contributed by atoms with E-state index in [1.807, 2.05) is 0 Å². The predicted molar refractivity (Wildman–Crippen MR) is 64.2 cm³/mol. The fraction of sp³-hybridized carbons (Fsp3) is 0.600. The highest BCUT2D eigenvalue weighted by Gasteiger charge is 2.40. The monoisotopic (exact) mass is 289 g/mol. The summed E-state index contributed by atoms with van der Waals surface area (Å²) in [4.78, 5) is 11.1. The summed E-state index contributed by atoms with van der Waals surface area (Å²) in [5, 5.41) is 15.6. The molecule has 1 unspecified atom stereocenters. The van der Waals surface area contributed by atoms with E-state index in [2.05, 4.69) is 10.5 Å². The Balaban J connectivity index is 2.46. The van der Waals surface area contributed by atoms with Crippen molar-refractivity contribution in [1.29, 1.82) is 0 Å². The molecule has 0 aromatic carbocycles. The van der Waals surface area contributed by atoms with E-state index in [1.54, 1.807) is 0 Å². The Morgan fingerprint density at radius 3 is 2.74 bits per heavy atom. The zero-order valence-electron chi connectivity index (χ0n) is 10.6. The first kappa shape index (κ1) is 14.0. The van der Waals surface area contributed by atoms with Crippen LogP contribution in [-0.4, -0.2) is 54.6 Å². The average Bonchev–Trinajstić information content (AvgIpc) is 2.69. The van der Waals surface area contributed by atoms with Crippen LogP contribution in [0.2, 0.25) is 0 Å². The van der Waals surface area contributed by atoms with Gasteiger partial charge >= 0.3 is 5.97 Å². The van der Waals surface area contributed by atoms with Crippen LogP contribution >= 0.6 is 0 Å². The van der Waals surface area contributed by atoms with Gasteiger partial charge in [0.2, 0.25) is 10.0 Å². The minimum absolute atomic E-state index is 0.0411. The number of sulfonamides is 1. The van der Waals surface area contributed by atoms with Crippen LogP contribution < -0.4 is 5.32 Å². The van der Waals surface area contributed by atoms with Crippen molar-refractivity contribution in [2.24, 2.45) is 0 Å². The van der Waals surface area contributed by atoms with Crippen LogP contribution in [0.25, 0.3) is 0 Å². The van der Waals surface area contributed by atoms with Gasteiger partial charge in [0.1, 0.15) is 16.6 Å². The summed E-state index contributed by atoms with van der Waals surface area (Å²) >= 11 is 0. The third-order valence-corrected chi connectivity index (χ3v) is 5.17. The molecule has 106 valence electrons. The van der Waals surface area contributed by atoms with Gasteiger partial charge in [-0.25, -0.2) is 8.42 Å². The van der Waals surface area contributed by atoms with Gasteiger partial charge in [-0.2, -0.15) is 4.31 Å². The van der Waals surface area contributed by atoms with Gasteiger partial charge in [0.05, 0.1) is 0 Å². The van der Waals surface area contributed by atoms with E-state index >= 15 is 0 Å². The number of aromatic nitrogens is 1. The number of nitrogens with one attached hydrogen (secondary N) is 1. The van der Waals surface area contributed by atoms with Crippen LogP contribution in [0.3, 0.4) is 0 Å². The summed E-state index contributed by atoms with van der Waals surface area (Å²) in [6.07, 6.45) is 0. The highest BCUT2D eigenvalue weighted by molar-refractivity contribution is 7.89. The van der Waals surface area contributed by atoms with Crippen molar-refractivity contribution in [1.82, 2.24) is 14.8 Å². The topological polar surface area (TPSA) is 113 Å². The Labute approximate surface area is 110 Å². The van der Waals surface area contributed by atoms with Gasteiger partial charge < -0.3 is 14.9 Å². The first-order valence-electron chi connectivity index (χ1n) is 5.74. The summed E-state index contributed by atoms with van der Waals surface area (Å²) < 4.78 is 30.9. The normalized spacial score (nSPS) is 21.5. The quantitative estimate of drug-likeness (QED) is 0.759. The molecule has 1 saturated heterocycles. The van der Waals surface area contributed by atoms with Crippen LogP contribution in [-0.2, 0) is 14.8 Å². The van der Waals surface area contributed by atoms with Crippen LogP contribution in [0.15, 0.2) is 9.42 Å². The molecule has 1 aliphatic rings. The lowest BCUT2D eigenvalue weighted by molar-refractivity contribution is -0.141. The van der Waals surface area contributed by atoms with Crippen molar-refractivity contribution in [3.05, 3.63) is 11.5 Å². The number of carboxylic acid groups (broad SMARTS) is 1. The van der Waals surface area contributed by atoms with Crippen molar-refractivity contribution >= 4 is 16.0 Å². The maximum Gasteiger partial charge on any atom is 0.323 e. The zero-order chi connectivity index (χ0) is 14.2. The summed E-state index contributed by atoms with van der Waals surface area (Å²) in [7, 11) is -3.92. The highest BCUT2D eigenvalue weighted by Crippen LogP contribution is 2.25. The van der Waals surface area contributed by atoms with E-state index in [1.165, 1.54) is 13.8 Å². The first-order valence-corrected chi connectivity index (χ1v) is 7.18. The molecule has 1 aliphatic heterocycles. The Morgan fingerprint density at radius 1 is 1.53 bits per heavy atom. The van der Waals surface area contributed by atoms with Crippen LogP contribution in [0.1, 0.15) is 11.5 Å². The van der Waals surface area contributed by atoms with Gasteiger partial charge in [-0.1, -0.05) is 5.16 Å². The molecule has 0 radical (unpaired) electrons. The summed E-state index contributed by atoms with van der Waals surface area (Å²) in [6.45, 7) is 3.60. The molecule has 19 heavy (non-hydrogen) atoms. The van der Waals surface area contributed by atoms with E-state index in [-0.39, 0.29) is 29.4 Å². The molecular weight excluding hydrogens is 274 g/mol. The number of carboxylic acids is 1. The van der Waals surface area contributed by atoms with E-state index in [0.29, 0.717) is 6.54 Å². The third-order valence-electron chi connectivity index (χ3n) is 3.01. The SMILES string of the molecule is Cc1noc(C)c1S(=O)(=O)N1CCNCC1C(=O)O. The summed E-state index contributed by atoms with van der Waals surface area (Å²) in [5.74, 6) is -1.01. The van der Waals surface area contributed by atoms with E-state index in [4.69, 9.17) is 9.63 Å². The Morgan fingerprint density at radius 2 is 2.21 bits per heavy atom. The lowest BCUT2D eigenvalue weighted by atomic mass is 10.2. The molecule has 2 rings (SSSR count). The molecule has 1 fully saturated rings. The van der Waals surface area contributed by atoms with Crippen LogP contribution in [0, 0.1) is 13.8 Å². The number of hydrogen-bond acceptors (Lipinski definition) is 6. The van der Waals surface area contributed by atoms with Gasteiger partial charge in [-0.05, 0) is 13.8 Å². The zero-order valence-corrected chi connectivity index (χ0v) is 11.4. The molecule has 0 saturated carbocycles. The molecule has 0 amide bonds. The summed E-state index contributed by atoms with van der Waals surface area (Å²) in [5.41, 5.74) is 0.236. The Hall–Kier alpha value is -1.45. The molecule has 0 aliphatic carbocycles. The number of nitrogens with zero attached hydrogens (tertiary/aromatic N) is 2. The predicted octanol–water partition coefficient (Wildman–Crippen LogP) is -0.661. The van der Waals surface area contributed by atoms with Gasteiger partial charge in [0, 0.05) is 19.6 Å². The second-order valence-electron chi connectivity index (χ2n) is 4.33. The molecule has 2 heterocycles. The van der Waals surface area contributed by atoms with Gasteiger partial charge in [0.25, 0.3) is 0 Å². The molecule has 0 spiro atoms. The third kappa shape index (κ3) is 2.36. The van der Waals surface area contributed by atoms with Crippen molar-refractivity contribution in [2.75, 3.05) is 19.6 Å². The molecule has 0 bridgehead atoms. The molecule has 9 heteroatoms. The fourth-order valence-corrected chi connectivity index (χ4v) is 4.02. The molecule has 1 aromatic heterocycles. The number of hydrogen-bond donors (Lipinski definition) is 2. The summed E-state index contributed by atoms with van der Waals surface area (Å²) in [6, 6.07) is -1.12. The minimum atomic E-state index is -3.92.